The number of nitrogens with one attached hydrogen (secondary N) is 1. The molecule has 0 spiro atoms. The average molecular weight is 243 g/mol. The number of nitrogens with zero attached hydrogens (tertiary/aromatic N) is 4. The van der Waals surface area contributed by atoms with Crippen LogP contribution < -0.4 is 0 Å². The van der Waals surface area contributed by atoms with Crippen molar-refractivity contribution in [3.63, 3.8) is 0 Å². The zero-order chi connectivity index (χ0) is 12.7. The fraction of sp³-hybridized carbons (Fsp3) is 0.0909. The minimum atomic E-state index is -1.05. The lowest BCUT2D eigenvalue weighted by Gasteiger charge is -1.96. The molecule has 0 aliphatic heterocycles. The van der Waals surface area contributed by atoms with E-state index >= 15 is 0 Å². The van der Waals surface area contributed by atoms with Crippen molar-refractivity contribution < 1.29 is 9.90 Å². The molecule has 0 bridgehead atoms. The van der Waals surface area contributed by atoms with Gasteiger partial charge in [0.25, 0.3) is 0 Å². The number of aromatic amines is 1. The maximum atomic E-state index is 10.9. The summed E-state index contributed by atoms with van der Waals surface area (Å²) in [7, 11) is 1.82. The lowest BCUT2D eigenvalue weighted by atomic mass is 10.2. The van der Waals surface area contributed by atoms with Crippen LogP contribution in [-0.2, 0) is 7.05 Å². The van der Waals surface area contributed by atoms with Crippen molar-refractivity contribution in [1.82, 2.24) is 25.0 Å². The van der Waals surface area contributed by atoms with Gasteiger partial charge < -0.3 is 5.11 Å². The third-order valence-electron chi connectivity index (χ3n) is 2.63. The highest BCUT2D eigenvalue weighted by molar-refractivity contribution is 6.00. The number of aromatic nitrogens is 5. The Morgan fingerprint density at radius 2 is 2.28 bits per heavy atom. The number of carboxylic acids is 1. The predicted molar refractivity (Wildman–Crippen MR) is 63.1 cm³/mol. The number of aromatic carboxylic acids is 1. The Morgan fingerprint density at radius 1 is 1.44 bits per heavy atom. The molecule has 0 radical (unpaired) electrons. The second-order valence-electron chi connectivity index (χ2n) is 3.87. The van der Waals surface area contributed by atoms with E-state index in [0.717, 1.165) is 5.56 Å². The van der Waals surface area contributed by atoms with Crippen molar-refractivity contribution >= 4 is 17.0 Å². The molecule has 7 nitrogen and oxygen atoms in total. The topological polar surface area (TPSA) is 96.7 Å². The van der Waals surface area contributed by atoms with Gasteiger partial charge in [-0.2, -0.15) is 10.2 Å². The standard InChI is InChI=1S/C11H9N5O2/c1-16-5-6(4-12-16)8-3-2-7-9(11(17)18)14-15-10(7)13-8/h2-5H,1H3,(H,17,18)(H,13,14,15). The second kappa shape index (κ2) is 3.66. The normalized spacial score (nSPS) is 10.9. The van der Waals surface area contributed by atoms with E-state index in [9.17, 15) is 4.79 Å². The van der Waals surface area contributed by atoms with Crippen LogP contribution in [0.3, 0.4) is 0 Å². The van der Waals surface area contributed by atoms with Gasteiger partial charge >= 0.3 is 5.97 Å². The van der Waals surface area contributed by atoms with E-state index in [1.165, 1.54) is 0 Å². The number of hydrogen-bond acceptors (Lipinski definition) is 4. The first kappa shape index (κ1) is 10.5. The van der Waals surface area contributed by atoms with Crippen LogP contribution in [-0.4, -0.2) is 36.0 Å². The van der Waals surface area contributed by atoms with Gasteiger partial charge in [0, 0.05) is 18.8 Å². The fourth-order valence-electron chi connectivity index (χ4n) is 1.78. The molecular weight excluding hydrogens is 234 g/mol. The molecule has 0 aliphatic rings. The van der Waals surface area contributed by atoms with Crippen LogP contribution in [0.4, 0.5) is 0 Å². The van der Waals surface area contributed by atoms with E-state index in [2.05, 4.69) is 20.3 Å². The van der Waals surface area contributed by atoms with E-state index in [-0.39, 0.29) is 5.69 Å². The van der Waals surface area contributed by atoms with Gasteiger partial charge in [-0.15, -0.1) is 0 Å². The largest absolute Gasteiger partial charge is 0.477 e. The highest BCUT2D eigenvalue weighted by atomic mass is 16.4. The summed E-state index contributed by atoms with van der Waals surface area (Å²) in [5.41, 5.74) is 2.00. The molecule has 90 valence electrons. The van der Waals surface area contributed by atoms with Crippen molar-refractivity contribution in [3.8, 4) is 11.3 Å². The molecule has 3 aromatic heterocycles. The molecular formula is C11H9N5O2. The summed E-state index contributed by atoms with van der Waals surface area (Å²) in [5, 5.41) is 19.9. The SMILES string of the molecule is Cn1cc(-c2ccc3c(C(=O)O)[nH]nc3n2)cn1. The van der Waals surface area contributed by atoms with Crippen LogP contribution >= 0.6 is 0 Å². The van der Waals surface area contributed by atoms with Crippen molar-refractivity contribution in [2.45, 2.75) is 0 Å². The number of carbonyl (C=O) groups is 1. The van der Waals surface area contributed by atoms with Gasteiger partial charge in [-0.1, -0.05) is 0 Å². The quantitative estimate of drug-likeness (QED) is 0.701. The summed E-state index contributed by atoms with van der Waals surface area (Å²) in [4.78, 5) is 15.2. The molecule has 0 aromatic carbocycles. The first-order valence-electron chi connectivity index (χ1n) is 5.22. The van der Waals surface area contributed by atoms with Gasteiger partial charge in [0.05, 0.1) is 17.3 Å². The van der Waals surface area contributed by atoms with Crippen LogP contribution in [0.5, 0.6) is 0 Å². The highest BCUT2D eigenvalue weighted by Gasteiger charge is 2.13. The number of carboxylic acid groups (broad SMARTS) is 1. The van der Waals surface area contributed by atoms with E-state index in [1.807, 2.05) is 13.2 Å². The molecule has 0 atom stereocenters. The number of fused-ring (bicyclic) bond motifs is 1. The summed E-state index contributed by atoms with van der Waals surface area (Å²) >= 11 is 0. The number of hydrogen-bond donors (Lipinski definition) is 2. The summed E-state index contributed by atoms with van der Waals surface area (Å²) in [6, 6.07) is 3.44. The Labute approximate surface area is 101 Å². The Kier molecular flexibility index (Phi) is 2.12. The van der Waals surface area contributed by atoms with Crippen molar-refractivity contribution in [3.05, 3.63) is 30.2 Å². The molecule has 3 rings (SSSR count). The number of rotatable bonds is 2. The maximum absolute atomic E-state index is 10.9. The van der Waals surface area contributed by atoms with Crippen LogP contribution in [0.15, 0.2) is 24.5 Å². The molecule has 3 aromatic rings. The smallest absolute Gasteiger partial charge is 0.354 e. The first-order chi connectivity index (χ1) is 8.65. The molecule has 0 aliphatic carbocycles. The van der Waals surface area contributed by atoms with Crippen LogP contribution in [0, 0.1) is 0 Å². The number of H-pyrrole nitrogens is 1. The Morgan fingerprint density at radius 3 is 2.94 bits per heavy atom. The predicted octanol–water partition coefficient (Wildman–Crippen LogP) is 1.06. The lowest BCUT2D eigenvalue weighted by Crippen LogP contribution is -1.96. The zero-order valence-electron chi connectivity index (χ0n) is 9.45. The van der Waals surface area contributed by atoms with Gasteiger partial charge in [0.1, 0.15) is 0 Å². The first-order valence-corrected chi connectivity index (χ1v) is 5.22. The highest BCUT2D eigenvalue weighted by Crippen LogP contribution is 2.21. The molecule has 0 saturated heterocycles. The molecule has 0 unspecified atom stereocenters. The van der Waals surface area contributed by atoms with Crippen molar-refractivity contribution in [2.24, 2.45) is 7.05 Å². The molecule has 0 amide bonds. The third-order valence-corrected chi connectivity index (χ3v) is 2.63. The summed E-state index contributed by atoms with van der Waals surface area (Å²) < 4.78 is 1.68. The van der Waals surface area contributed by atoms with Crippen LogP contribution in [0.1, 0.15) is 10.5 Å². The summed E-state index contributed by atoms with van der Waals surface area (Å²) in [6.45, 7) is 0. The molecule has 2 N–H and O–H groups in total. The summed E-state index contributed by atoms with van der Waals surface area (Å²) in [5.74, 6) is -1.05. The van der Waals surface area contributed by atoms with Crippen LogP contribution in [0.2, 0.25) is 0 Å². The van der Waals surface area contributed by atoms with E-state index in [4.69, 9.17) is 5.11 Å². The van der Waals surface area contributed by atoms with Gasteiger partial charge in [-0.25, -0.2) is 9.78 Å². The van der Waals surface area contributed by atoms with Crippen molar-refractivity contribution in [2.75, 3.05) is 0 Å². The minimum Gasteiger partial charge on any atom is -0.477 e. The molecule has 3 heterocycles. The Bertz CT molecular complexity index is 743. The van der Waals surface area contributed by atoms with Gasteiger partial charge in [-0.3, -0.25) is 9.78 Å². The van der Waals surface area contributed by atoms with Gasteiger partial charge in [0.15, 0.2) is 11.3 Å². The maximum Gasteiger partial charge on any atom is 0.354 e. The molecule has 18 heavy (non-hydrogen) atoms. The van der Waals surface area contributed by atoms with Crippen molar-refractivity contribution in [1.29, 1.82) is 0 Å². The Balaban J connectivity index is 2.15. The molecule has 0 fully saturated rings. The van der Waals surface area contributed by atoms with E-state index in [1.54, 1.807) is 23.0 Å². The molecule has 0 saturated carbocycles. The monoisotopic (exact) mass is 243 g/mol. The van der Waals surface area contributed by atoms with Crippen LogP contribution in [0.25, 0.3) is 22.3 Å². The van der Waals surface area contributed by atoms with E-state index in [0.29, 0.717) is 16.7 Å². The fourth-order valence-corrected chi connectivity index (χ4v) is 1.78. The van der Waals surface area contributed by atoms with Gasteiger partial charge in [-0.05, 0) is 12.1 Å². The zero-order valence-corrected chi connectivity index (χ0v) is 9.45. The number of pyridine rings is 1. The Hall–Kier alpha value is -2.70. The second-order valence-corrected chi connectivity index (χ2v) is 3.87. The third kappa shape index (κ3) is 1.53. The summed E-state index contributed by atoms with van der Waals surface area (Å²) in [6.07, 6.45) is 3.53. The average Bonchev–Trinajstić information content (AvgIpc) is 2.93. The number of aryl methyl sites for hydroxylation is 1. The minimum absolute atomic E-state index is 0.0511. The van der Waals surface area contributed by atoms with Gasteiger partial charge in [0.2, 0.25) is 0 Å². The van der Waals surface area contributed by atoms with E-state index < -0.39 is 5.97 Å². The molecule has 7 heteroatoms. The lowest BCUT2D eigenvalue weighted by molar-refractivity contribution is 0.0692.